The first-order chi connectivity index (χ1) is 9.20. The molecule has 0 atom stereocenters. The molecule has 0 bridgehead atoms. The van der Waals surface area contributed by atoms with Crippen LogP contribution in [0.4, 0.5) is 10.2 Å². The van der Waals surface area contributed by atoms with Gasteiger partial charge in [0.25, 0.3) is 0 Å². The third-order valence-corrected chi connectivity index (χ3v) is 2.91. The second kappa shape index (κ2) is 6.29. The highest BCUT2D eigenvalue weighted by Crippen LogP contribution is 2.18. The number of hydrogen-bond donors (Lipinski definition) is 1. The fourth-order valence-corrected chi connectivity index (χ4v) is 2.09. The molecular weight excluding hydrogens is 241 g/mol. The first kappa shape index (κ1) is 13.5. The topological polar surface area (TPSA) is 28.2 Å². The van der Waals surface area contributed by atoms with E-state index in [2.05, 4.69) is 10.3 Å². The standard InChI is InChI=1S/C15H18FN3/c1-17-10-13-6-4-8-18-15(13)19(2)11-12-5-3-7-14(16)9-12/h3-9,17H,10-11H2,1-2H3. The Labute approximate surface area is 113 Å². The number of rotatable bonds is 5. The zero-order valence-electron chi connectivity index (χ0n) is 11.2. The molecule has 0 spiro atoms. The highest BCUT2D eigenvalue weighted by molar-refractivity contribution is 5.46. The summed E-state index contributed by atoms with van der Waals surface area (Å²) in [4.78, 5) is 6.44. The number of pyridine rings is 1. The molecule has 0 fully saturated rings. The Morgan fingerprint density at radius 1 is 1.26 bits per heavy atom. The molecule has 1 heterocycles. The van der Waals surface area contributed by atoms with E-state index in [1.807, 2.05) is 37.2 Å². The average molecular weight is 259 g/mol. The van der Waals surface area contributed by atoms with E-state index in [4.69, 9.17) is 0 Å². The molecule has 0 aliphatic rings. The molecule has 3 nitrogen and oxygen atoms in total. The minimum atomic E-state index is -0.206. The summed E-state index contributed by atoms with van der Waals surface area (Å²) in [7, 11) is 3.87. The fraction of sp³-hybridized carbons (Fsp3) is 0.267. The zero-order chi connectivity index (χ0) is 13.7. The molecule has 2 aromatic rings. The average Bonchev–Trinajstić information content (AvgIpc) is 2.39. The molecule has 1 aromatic heterocycles. The van der Waals surface area contributed by atoms with Crippen LogP contribution in [0.3, 0.4) is 0 Å². The molecule has 19 heavy (non-hydrogen) atoms. The van der Waals surface area contributed by atoms with Gasteiger partial charge in [-0.2, -0.15) is 0 Å². The maximum absolute atomic E-state index is 13.2. The van der Waals surface area contributed by atoms with Crippen molar-refractivity contribution in [2.75, 3.05) is 19.0 Å². The minimum absolute atomic E-state index is 0.206. The van der Waals surface area contributed by atoms with Gasteiger partial charge in [-0.05, 0) is 30.8 Å². The van der Waals surface area contributed by atoms with Crippen LogP contribution in [-0.4, -0.2) is 19.1 Å². The third-order valence-electron chi connectivity index (χ3n) is 2.91. The Morgan fingerprint density at radius 2 is 2.11 bits per heavy atom. The van der Waals surface area contributed by atoms with E-state index in [0.29, 0.717) is 6.54 Å². The van der Waals surface area contributed by atoms with Crippen molar-refractivity contribution in [2.45, 2.75) is 13.1 Å². The molecular formula is C15H18FN3. The van der Waals surface area contributed by atoms with Crippen molar-refractivity contribution in [3.8, 4) is 0 Å². The Hall–Kier alpha value is -1.94. The molecule has 1 aromatic carbocycles. The monoisotopic (exact) mass is 259 g/mol. The minimum Gasteiger partial charge on any atom is -0.355 e. The SMILES string of the molecule is CNCc1cccnc1N(C)Cc1cccc(F)c1. The summed E-state index contributed by atoms with van der Waals surface area (Å²) in [6, 6.07) is 10.6. The number of halogens is 1. The fourth-order valence-electron chi connectivity index (χ4n) is 2.09. The van der Waals surface area contributed by atoms with E-state index in [-0.39, 0.29) is 5.82 Å². The van der Waals surface area contributed by atoms with Gasteiger partial charge >= 0.3 is 0 Å². The van der Waals surface area contributed by atoms with Crippen LogP contribution in [0.5, 0.6) is 0 Å². The van der Waals surface area contributed by atoms with Gasteiger partial charge in [-0.3, -0.25) is 0 Å². The number of hydrogen-bond acceptors (Lipinski definition) is 3. The van der Waals surface area contributed by atoms with Gasteiger partial charge in [0.05, 0.1) is 0 Å². The predicted octanol–water partition coefficient (Wildman–Crippen LogP) is 2.58. The van der Waals surface area contributed by atoms with E-state index < -0.39 is 0 Å². The maximum atomic E-state index is 13.2. The van der Waals surface area contributed by atoms with Crippen molar-refractivity contribution in [2.24, 2.45) is 0 Å². The molecule has 4 heteroatoms. The quantitative estimate of drug-likeness (QED) is 0.894. The number of anilines is 1. The summed E-state index contributed by atoms with van der Waals surface area (Å²) in [6.45, 7) is 1.39. The van der Waals surface area contributed by atoms with Crippen molar-refractivity contribution in [1.82, 2.24) is 10.3 Å². The first-order valence-corrected chi connectivity index (χ1v) is 6.25. The summed E-state index contributed by atoms with van der Waals surface area (Å²) >= 11 is 0. The number of aromatic nitrogens is 1. The van der Waals surface area contributed by atoms with Gasteiger partial charge in [0.2, 0.25) is 0 Å². The molecule has 1 N–H and O–H groups in total. The van der Waals surface area contributed by atoms with Gasteiger partial charge in [0.1, 0.15) is 11.6 Å². The van der Waals surface area contributed by atoms with Crippen LogP contribution in [0.15, 0.2) is 42.6 Å². The van der Waals surface area contributed by atoms with Crippen LogP contribution in [0, 0.1) is 5.82 Å². The second-order valence-electron chi connectivity index (χ2n) is 4.50. The van der Waals surface area contributed by atoms with E-state index in [9.17, 15) is 4.39 Å². The molecule has 0 saturated carbocycles. The zero-order valence-corrected chi connectivity index (χ0v) is 11.2. The van der Waals surface area contributed by atoms with Gasteiger partial charge < -0.3 is 10.2 Å². The predicted molar refractivity (Wildman–Crippen MR) is 75.5 cm³/mol. The van der Waals surface area contributed by atoms with Gasteiger partial charge in [0, 0.05) is 31.9 Å². The lowest BCUT2D eigenvalue weighted by atomic mass is 10.2. The van der Waals surface area contributed by atoms with Crippen LogP contribution in [0.1, 0.15) is 11.1 Å². The Balaban J connectivity index is 2.17. The van der Waals surface area contributed by atoms with E-state index in [1.165, 1.54) is 6.07 Å². The molecule has 0 radical (unpaired) electrons. The Bertz CT molecular complexity index is 542. The highest BCUT2D eigenvalue weighted by atomic mass is 19.1. The van der Waals surface area contributed by atoms with Gasteiger partial charge in [-0.1, -0.05) is 18.2 Å². The maximum Gasteiger partial charge on any atom is 0.133 e. The number of benzene rings is 1. The van der Waals surface area contributed by atoms with E-state index in [0.717, 1.165) is 23.5 Å². The molecule has 2 rings (SSSR count). The first-order valence-electron chi connectivity index (χ1n) is 6.25. The lowest BCUT2D eigenvalue weighted by molar-refractivity contribution is 0.625. The summed E-state index contributed by atoms with van der Waals surface area (Å²) in [5.41, 5.74) is 2.06. The Kier molecular flexibility index (Phi) is 4.47. The molecule has 0 unspecified atom stereocenters. The summed E-state index contributed by atoms with van der Waals surface area (Å²) in [6.07, 6.45) is 1.77. The smallest absolute Gasteiger partial charge is 0.133 e. The largest absolute Gasteiger partial charge is 0.355 e. The van der Waals surface area contributed by atoms with Crippen molar-refractivity contribution >= 4 is 5.82 Å². The second-order valence-corrected chi connectivity index (χ2v) is 4.50. The third kappa shape index (κ3) is 3.51. The van der Waals surface area contributed by atoms with Crippen LogP contribution in [0.2, 0.25) is 0 Å². The summed E-state index contributed by atoms with van der Waals surface area (Å²) < 4.78 is 13.2. The van der Waals surface area contributed by atoms with Gasteiger partial charge in [-0.15, -0.1) is 0 Å². The van der Waals surface area contributed by atoms with Crippen molar-refractivity contribution in [3.05, 3.63) is 59.5 Å². The molecule has 0 aliphatic carbocycles. The van der Waals surface area contributed by atoms with Crippen LogP contribution in [-0.2, 0) is 13.1 Å². The lowest BCUT2D eigenvalue weighted by Crippen LogP contribution is -2.21. The highest BCUT2D eigenvalue weighted by Gasteiger charge is 2.08. The van der Waals surface area contributed by atoms with Crippen molar-refractivity contribution in [1.29, 1.82) is 0 Å². The van der Waals surface area contributed by atoms with Crippen LogP contribution >= 0.6 is 0 Å². The van der Waals surface area contributed by atoms with Crippen LogP contribution < -0.4 is 10.2 Å². The summed E-state index contributed by atoms with van der Waals surface area (Å²) in [5.74, 6) is 0.712. The lowest BCUT2D eigenvalue weighted by Gasteiger charge is -2.21. The van der Waals surface area contributed by atoms with Gasteiger partial charge in [0.15, 0.2) is 0 Å². The van der Waals surface area contributed by atoms with Crippen molar-refractivity contribution < 1.29 is 4.39 Å². The van der Waals surface area contributed by atoms with E-state index >= 15 is 0 Å². The molecule has 0 aliphatic heterocycles. The number of nitrogens with one attached hydrogen (secondary N) is 1. The normalized spacial score (nSPS) is 10.5. The summed E-state index contributed by atoms with van der Waals surface area (Å²) in [5, 5.41) is 3.13. The van der Waals surface area contributed by atoms with E-state index in [1.54, 1.807) is 18.3 Å². The molecule has 100 valence electrons. The molecule has 0 saturated heterocycles. The van der Waals surface area contributed by atoms with Gasteiger partial charge in [-0.25, -0.2) is 9.37 Å². The van der Waals surface area contributed by atoms with Crippen molar-refractivity contribution in [3.63, 3.8) is 0 Å². The number of nitrogens with zero attached hydrogens (tertiary/aromatic N) is 2. The Morgan fingerprint density at radius 3 is 2.84 bits per heavy atom. The van der Waals surface area contributed by atoms with Crippen LogP contribution in [0.25, 0.3) is 0 Å². The molecule has 0 amide bonds.